The molecule has 0 saturated carbocycles. The van der Waals surface area contributed by atoms with Crippen molar-refractivity contribution < 1.29 is 5.11 Å². The molecule has 0 spiro atoms. The first-order valence-corrected chi connectivity index (χ1v) is 5.22. The van der Waals surface area contributed by atoms with Gasteiger partial charge in [0.05, 0.1) is 5.60 Å². The normalized spacial score (nSPS) is 11.8. The molecule has 0 bridgehead atoms. The molecule has 0 aromatic heterocycles. The van der Waals surface area contributed by atoms with Crippen molar-refractivity contribution in [2.75, 3.05) is 0 Å². The summed E-state index contributed by atoms with van der Waals surface area (Å²) >= 11 is 9.40. The highest BCUT2D eigenvalue weighted by Crippen LogP contribution is 2.28. The summed E-state index contributed by atoms with van der Waals surface area (Å²) in [5, 5.41) is 10.3. The SMILES string of the molecule is CC(C)(O)Cc1c(Cl)cccc1Br. The van der Waals surface area contributed by atoms with Crippen LogP contribution in [0.5, 0.6) is 0 Å². The minimum Gasteiger partial charge on any atom is -0.390 e. The van der Waals surface area contributed by atoms with Gasteiger partial charge in [-0.3, -0.25) is 0 Å². The molecule has 13 heavy (non-hydrogen) atoms. The van der Waals surface area contributed by atoms with Gasteiger partial charge in [-0.05, 0) is 31.5 Å². The lowest BCUT2D eigenvalue weighted by Crippen LogP contribution is -2.22. The summed E-state index contributed by atoms with van der Waals surface area (Å²) in [4.78, 5) is 0. The fourth-order valence-electron chi connectivity index (χ4n) is 1.13. The van der Waals surface area contributed by atoms with E-state index in [1.54, 1.807) is 13.8 Å². The van der Waals surface area contributed by atoms with Crippen LogP contribution in [-0.2, 0) is 6.42 Å². The van der Waals surface area contributed by atoms with E-state index in [2.05, 4.69) is 15.9 Å². The Labute approximate surface area is 91.9 Å². The van der Waals surface area contributed by atoms with E-state index < -0.39 is 5.60 Å². The Hall–Kier alpha value is -0.0500. The molecule has 3 heteroatoms. The van der Waals surface area contributed by atoms with Gasteiger partial charge < -0.3 is 5.11 Å². The van der Waals surface area contributed by atoms with Gasteiger partial charge in [0.25, 0.3) is 0 Å². The van der Waals surface area contributed by atoms with E-state index >= 15 is 0 Å². The van der Waals surface area contributed by atoms with E-state index in [0.29, 0.717) is 11.4 Å². The highest BCUT2D eigenvalue weighted by atomic mass is 79.9. The van der Waals surface area contributed by atoms with Gasteiger partial charge in [0.2, 0.25) is 0 Å². The molecule has 0 radical (unpaired) electrons. The molecule has 1 aromatic carbocycles. The lowest BCUT2D eigenvalue weighted by atomic mass is 9.99. The van der Waals surface area contributed by atoms with Crippen molar-refractivity contribution in [3.05, 3.63) is 33.3 Å². The van der Waals surface area contributed by atoms with Gasteiger partial charge in [-0.1, -0.05) is 33.6 Å². The quantitative estimate of drug-likeness (QED) is 0.867. The summed E-state index contributed by atoms with van der Waals surface area (Å²) in [7, 11) is 0. The van der Waals surface area contributed by atoms with Gasteiger partial charge >= 0.3 is 0 Å². The monoisotopic (exact) mass is 262 g/mol. The largest absolute Gasteiger partial charge is 0.390 e. The zero-order valence-electron chi connectivity index (χ0n) is 7.64. The highest BCUT2D eigenvalue weighted by molar-refractivity contribution is 9.10. The van der Waals surface area contributed by atoms with Crippen LogP contribution in [0.1, 0.15) is 19.4 Å². The Morgan fingerprint density at radius 2 is 2.08 bits per heavy atom. The van der Waals surface area contributed by atoms with Crippen molar-refractivity contribution >= 4 is 27.5 Å². The Kier molecular flexibility index (Phi) is 3.38. The lowest BCUT2D eigenvalue weighted by molar-refractivity contribution is 0.0808. The van der Waals surface area contributed by atoms with Crippen molar-refractivity contribution in [1.29, 1.82) is 0 Å². The molecule has 1 aromatic rings. The summed E-state index contributed by atoms with van der Waals surface area (Å²) < 4.78 is 0.946. The third-order valence-electron chi connectivity index (χ3n) is 1.67. The third-order valence-corrected chi connectivity index (χ3v) is 2.77. The molecule has 0 saturated heterocycles. The molecule has 0 heterocycles. The van der Waals surface area contributed by atoms with Crippen LogP contribution in [-0.4, -0.2) is 10.7 Å². The van der Waals surface area contributed by atoms with E-state index in [9.17, 15) is 5.11 Å². The summed E-state index contributed by atoms with van der Waals surface area (Å²) in [6.45, 7) is 3.53. The van der Waals surface area contributed by atoms with Crippen LogP contribution in [0.4, 0.5) is 0 Å². The van der Waals surface area contributed by atoms with Crippen LogP contribution in [0.3, 0.4) is 0 Å². The van der Waals surface area contributed by atoms with Crippen molar-refractivity contribution in [1.82, 2.24) is 0 Å². The molecule has 0 aliphatic rings. The maximum absolute atomic E-state index is 9.64. The van der Waals surface area contributed by atoms with Crippen LogP contribution >= 0.6 is 27.5 Å². The van der Waals surface area contributed by atoms with Gasteiger partial charge in [-0.2, -0.15) is 0 Å². The number of halogens is 2. The smallest absolute Gasteiger partial charge is 0.0632 e. The van der Waals surface area contributed by atoms with Crippen molar-refractivity contribution in [3.63, 3.8) is 0 Å². The van der Waals surface area contributed by atoms with Gasteiger partial charge in [0, 0.05) is 15.9 Å². The number of rotatable bonds is 2. The van der Waals surface area contributed by atoms with Crippen LogP contribution < -0.4 is 0 Å². The molecule has 0 aliphatic carbocycles. The van der Waals surface area contributed by atoms with Gasteiger partial charge in [-0.25, -0.2) is 0 Å². The van der Waals surface area contributed by atoms with E-state index in [1.165, 1.54) is 0 Å². The summed E-state index contributed by atoms with van der Waals surface area (Å²) in [6.07, 6.45) is 0.549. The van der Waals surface area contributed by atoms with E-state index in [1.807, 2.05) is 18.2 Å². The Bertz CT molecular complexity index is 284. The summed E-state index contributed by atoms with van der Waals surface area (Å²) in [5.41, 5.74) is 0.227. The van der Waals surface area contributed by atoms with Crippen LogP contribution in [0, 0.1) is 0 Å². The van der Waals surface area contributed by atoms with Gasteiger partial charge in [0.1, 0.15) is 0 Å². The predicted molar refractivity (Wildman–Crippen MR) is 59.2 cm³/mol. The molecular formula is C10H12BrClO. The van der Waals surface area contributed by atoms with E-state index in [4.69, 9.17) is 11.6 Å². The van der Waals surface area contributed by atoms with Crippen molar-refractivity contribution in [3.8, 4) is 0 Å². The topological polar surface area (TPSA) is 20.2 Å². The van der Waals surface area contributed by atoms with E-state index in [0.717, 1.165) is 10.0 Å². The molecule has 1 N–H and O–H groups in total. The first-order chi connectivity index (χ1) is 5.90. The fraction of sp³-hybridized carbons (Fsp3) is 0.400. The molecule has 0 atom stereocenters. The molecule has 0 aliphatic heterocycles. The average Bonchev–Trinajstić information content (AvgIpc) is 1.95. The first kappa shape index (κ1) is 11.0. The second-order valence-corrected chi connectivity index (χ2v) is 4.95. The second-order valence-electron chi connectivity index (χ2n) is 3.69. The average molecular weight is 264 g/mol. The maximum Gasteiger partial charge on any atom is 0.0632 e. The maximum atomic E-state index is 9.64. The summed E-state index contributed by atoms with van der Waals surface area (Å²) in [6, 6.07) is 5.63. The third kappa shape index (κ3) is 3.29. The molecule has 0 unspecified atom stereocenters. The van der Waals surface area contributed by atoms with Crippen LogP contribution in [0.25, 0.3) is 0 Å². The first-order valence-electron chi connectivity index (χ1n) is 4.05. The van der Waals surface area contributed by atoms with Gasteiger partial charge in [0.15, 0.2) is 0 Å². The number of aliphatic hydroxyl groups is 1. The van der Waals surface area contributed by atoms with Gasteiger partial charge in [-0.15, -0.1) is 0 Å². The van der Waals surface area contributed by atoms with Crippen molar-refractivity contribution in [2.24, 2.45) is 0 Å². The zero-order valence-corrected chi connectivity index (χ0v) is 9.98. The Balaban J connectivity index is 3.00. The molecule has 0 amide bonds. The second kappa shape index (κ2) is 3.99. The number of hydrogen-bond acceptors (Lipinski definition) is 1. The molecular weight excluding hydrogens is 251 g/mol. The Morgan fingerprint density at radius 1 is 1.46 bits per heavy atom. The lowest BCUT2D eigenvalue weighted by Gasteiger charge is -2.18. The summed E-state index contributed by atoms with van der Waals surface area (Å²) in [5.74, 6) is 0. The molecule has 1 nitrogen and oxygen atoms in total. The standard InChI is InChI=1S/C10H12BrClO/c1-10(2,13)6-7-8(11)4-3-5-9(7)12/h3-5,13H,6H2,1-2H3. The number of hydrogen-bond donors (Lipinski definition) is 1. The number of benzene rings is 1. The van der Waals surface area contributed by atoms with Crippen LogP contribution in [0.2, 0.25) is 5.02 Å². The highest BCUT2D eigenvalue weighted by Gasteiger charge is 2.17. The van der Waals surface area contributed by atoms with E-state index in [-0.39, 0.29) is 0 Å². The van der Waals surface area contributed by atoms with Crippen molar-refractivity contribution in [2.45, 2.75) is 25.9 Å². The minimum absolute atomic E-state index is 0.549. The Morgan fingerprint density at radius 3 is 2.54 bits per heavy atom. The minimum atomic E-state index is -0.729. The molecule has 0 fully saturated rings. The molecule has 72 valence electrons. The fourth-order valence-corrected chi connectivity index (χ4v) is 2.00. The predicted octanol–water partition coefficient (Wildman–Crippen LogP) is 3.42. The zero-order chi connectivity index (χ0) is 10.1. The van der Waals surface area contributed by atoms with Crippen LogP contribution in [0.15, 0.2) is 22.7 Å². The molecule has 1 rings (SSSR count).